The predicted octanol–water partition coefficient (Wildman–Crippen LogP) is 4.42. The zero-order chi connectivity index (χ0) is 27.8. The van der Waals surface area contributed by atoms with Crippen LogP contribution in [0.15, 0.2) is 58.4 Å². The average Bonchev–Trinajstić information content (AvgIpc) is 3.37. The molecule has 0 bridgehead atoms. The number of amides is 2. The summed E-state index contributed by atoms with van der Waals surface area (Å²) in [6.45, 7) is 9.55. The van der Waals surface area contributed by atoms with Crippen molar-refractivity contribution in [2.45, 2.75) is 50.4 Å². The van der Waals surface area contributed by atoms with Crippen molar-refractivity contribution in [1.82, 2.24) is 4.57 Å². The van der Waals surface area contributed by atoms with Gasteiger partial charge in [0.05, 0.1) is 23.2 Å². The Labute approximate surface area is 235 Å². The molecule has 3 atom stereocenters. The molecule has 204 valence electrons. The smallest absolute Gasteiger partial charge is 0.326 e. The van der Waals surface area contributed by atoms with E-state index in [0.29, 0.717) is 15.6 Å². The summed E-state index contributed by atoms with van der Waals surface area (Å²) in [5, 5.41) is -0.162. The number of aromatic nitrogens is 1. The second kappa shape index (κ2) is 11.0. The summed E-state index contributed by atoms with van der Waals surface area (Å²) in [6, 6.07) is 15.3. The molecule has 0 N–H and O–H groups in total. The highest BCUT2D eigenvalue weighted by molar-refractivity contribution is 8.00. The standard InChI is InChI=1S/C29H31N3O5S2/c1-5-30(6-2)19-14-10-18(11-15-19)22-23-24(27(35)32(26(23)34)20-12-8-17(4)9-13-20)38-28-25(22)39-29(36)31(28)16-21(33)37-7-3/h8-15,22-24H,5-7,16H2,1-4H3/t22-,23-,24+/m0/s1. The quantitative estimate of drug-likeness (QED) is 0.295. The third-order valence-electron chi connectivity index (χ3n) is 7.31. The number of rotatable bonds is 8. The van der Waals surface area contributed by atoms with Gasteiger partial charge in [0.15, 0.2) is 0 Å². The van der Waals surface area contributed by atoms with E-state index in [0.717, 1.165) is 41.2 Å². The van der Waals surface area contributed by atoms with Crippen LogP contribution in [0.1, 0.15) is 42.7 Å². The zero-order valence-electron chi connectivity index (χ0n) is 22.4. The van der Waals surface area contributed by atoms with Gasteiger partial charge in [-0.1, -0.05) is 52.9 Å². The lowest BCUT2D eigenvalue weighted by atomic mass is 9.83. The summed E-state index contributed by atoms with van der Waals surface area (Å²) >= 11 is 2.24. The molecule has 5 rings (SSSR count). The molecule has 0 aliphatic carbocycles. The second-order valence-corrected chi connectivity index (χ2v) is 11.7. The number of thiazole rings is 1. The summed E-state index contributed by atoms with van der Waals surface area (Å²) in [4.78, 5) is 57.1. The van der Waals surface area contributed by atoms with E-state index in [9.17, 15) is 19.2 Å². The van der Waals surface area contributed by atoms with Crippen molar-refractivity contribution in [3.63, 3.8) is 0 Å². The molecule has 1 fully saturated rings. The molecule has 8 nitrogen and oxygen atoms in total. The van der Waals surface area contributed by atoms with Gasteiger partial charge in [-0.25, -0.2) is 4.90 Å². The molecule has 39 heavy (non-hydrogen) atoms. The van der Waals surface area contributed by atoms with E-state index < -0.39 is 23.1 Å². The molecule has 0 unspecified atom stereocenters. The fourth-order valence-corrected chi connectivity index (χ4v) is 8.15. The minimum atomic E-state index is -0.721. The largest absolute Gasteiger partial charge is 0.465 e. The van der Waals surface area contributed by atoms with Crippen LogP contribution in [-0.4, -0.2) is 47.3 Å². The fourth-order valence-electron chi connectivity index (χ4n) is 5.38. The molecule has 2 amide bonds. The van der Waals surface area contributed by atoms with Crippen molar-refractivity contribution in [2.24, 2.45) is 5.92 Å². The first kappa shape index (κ1) is 27.2. The highest BCUT2D eigenvalue weighted by Crippen LogP contribution is 2.54. The molecular weight excluding hydrogens is 534 g/mol. The summed E-state index contributed by atoms with van der Waals surface area (Å²) in [6.07, 6.45) is 0. The van der Waals surface area contributed by atoms with Gasteiger partial charge in [0.25, 0.3) is 0 Å². The normalized spacial score (nSPS) is 20.1. The molecule has 2 aliphatic rings. The number of hydrogen-bond acceptors (Lipinski definition) is 8. The first-order chi connectivity index (χ1) is 18.8. The molecule has 0 radical (unpaired) electrons. The van der Waals surface area contributed by atoms with Gasteiger partial charge in [0.1, 0.15) is 11.8 Å². The lowest BCUT2D eigenvalue weighted by Crippen LogP contribution is -2.32. The summed E-state index contributed by atoms with van der Waals surface area (Å²) in [7, 11) is 0. The number of fused-ring (bicyclic) bond motifs is 2. The lowest BCUT2D eigenvalue weighted by molar-refractivity contribution is -0.144. The van der Waals surface area contributed by atoms with E-state index in [2.05, 4.69) is 18.7 Å². The van der Waals surface area contributed by atoms with Gasteiger partial charge in [-0.3, -0.25) is 23.7 Å². The molecule has 3 heterocycles. The van der Waals surface area contributed by atoms with Crippen LogP contribution in [0.5, 0.6) is 0 Å². The number of carbonyl (C=O) groups excluding carboxylic acids is 3. The molecule has 2 aromatic carbocycles. The summed E-state index contributed by atoms with van der Waals surface area (Å²) < 4.78 is 6.49. The van der Waals surface area contributed by atoms with Gasteiger partial charge in [0.2, 0.25) is 11.8 Å². The Morgan fingerprint density at radius 1 is 0.949 bits per heavy atom. The second-order valence-electron chi connectivity index (χ2n) is 9.58. The van der Waals surface area contributed by atoms with Crippen molar-refractivity contribution >= 4 is 52.3 Å². The number of carbonyl (C=O) groups is 3. The van der Waals surface area contributed by atoms with Crippen molar-refractivity contribution in [3.05, 3.63) is 74.2 Å². The first-order valence-electron chi connectivity index (χ1n) is 13.1. The number of thioether (sulfide) groups is 1. The van der Waals surface area contributed by atoms with E-state index >= 15 is 0 Å². The molecule has 10 heteroatoms. The monoisotopic (exact) mass is 565 g/mol. The van der Waals surface area contributed by atoms with Crippen LogP contribution in [0.3, 0.4) is 0 Å². The minimum absolute atomic E-state index is 0.206. The molecule has 1 saturated heterocycles. The van der Waals surface area contributed by atoms with Crippen LogP contribution < -0.4 is 14.7 Å². The number of anilines is 2. The third-order valence-corrected chi connectivity index (χ3v) is 9.92. The summed E-state index contributed by atoms with van der Waals surface area (Å²) in [5.41, 5.74) is 3.49. The Kier molecular flexibility index (Phi) is 7.68. The van der Waals surface area contributed by atoms with Crippen LogP contribution in [0.25, 0.3) is 0 Å². The van der Waals surface area contributed by atoms with Crippen molar-refractivity contribution in [3.8, 4) is 0 Å². The molecule has 0 saturated carbocycles. The SMILES string of the molecule is CCOC(=O)Cn1c2c(sc1=O)[C@@H](c1ccc(N(CC)CC)cc1)[C@@H]1C(=O)N(c3ccc(C)cc3)C(=O)[C@@H]1S2. The Morgan fingerprint density at radius 3 is 2.23 bits per heavy atom. The van der Waals surface area contributed by atoms with E-state index in [-0.39, 0.29) is 29.8 Å². The van der Waals surface area contributed by atoms with E-state index in [1.165, 1.54) is 21.2 Å². The molecule has 1 aromatic heterocycles. The van der Waals surface area contributed by atoms with E-state index in [1.807, 2.05) is 43.3 Å². The Hall–Kier alpha value is -3.37. The van der Waals surface area contributed by atoms with E-state index in [4.69, 9.17) is 4.74 Å². The van der Waals surface area contributed by atoms with Gasteiger partial charge < -0.3 is 9.64 Å². The maximum absolute atomic E-state index is 14.0. The first-order valence-corrected chi connectivity index (χ1v) is 14.8. The molecule has 3 aromatic rings. The number of nitrogens with zero attached hydrogens (tertiary/aromatic N) is 3. The number of aryl methyl sites for hydroxylation is 1. The van der Waals surface area contributed by atoms with Crippen molar-refractivity contribution < 1.29 is 19.1 Å². The number of imide groups is 1. The van der Waals surface area contributed by atoms with Gasteiger partial charge in [-0.05, 0) is 57.5 Å². The lowest BCUT2D eigenvalue weighted by Gasteiger charge is -2.31. The van der Waals surface area contributed by atoms with Crippen molar-refractivity contribution in [2.75, 3.05) is 29.5 Å². The highest BCUT2D eigenvalue weighted by atomic mass is 32.2. The number of ether oxygens (including phenoxy) is 1. The maximum Gasteiger partial charge on any atom is 0.326 e. The fraction of sp³-hybridized carbons (Fsp3) is 0.379. The van der Waals surface area contributed by atoms with Crippen LogP contribution in [0, 0.1) is 12.8 Å². The van der Waals surface area contributed by atoms with Crippen LogP contribution in [0.4, 0.5) is 11.4 Å². The van der Waals surface area contributed by atoms with Gasteiger partial charge in [0, 0.05) is 29.6 Å². The van der Waals surface area contributed by atoms with Crippen molar-refractivity contribution in [1.29, 1.82) is 0 Å². The molecular formula is C29H31N3O5S2. The zero-order valence-corrected chi connectivity index (χ0v) is 24.0. The minimum Gasteiger partial charge on any atom is -0.465 e. The van der Waals surface area contributed by atoms with Gasteiger partial charge in [-0.15, -0.1) is 0 Å². The number of benzene rings is 2. The molecule has 2 aliphatic heterocycles. The average molecular weight is 566 g/mol. The highest BCUT2D eigenvalue weighted by Gasteiger charge is 2.56. The van der Waals surface area contributed by atoms with E-state index in [1.54, 1.807) is 19.1 Å². The third kappa shape index (κ3) is 4.80. The van der Waals surface area contributed by atoms with Crippen LogP contribution in [0.2, 0.25) is 0 Å². The number of hydrogen-bond donors (Lipinski definition) is 0. The Balaban J connectivity index is 1.62. The van der Waals surface area contributed by atoms with Crippen LogP contribution in [-0.2, 0) is 25.7 Å². The Bertz CT molecular complexity index is 1460. The Morgan fingerprint density at radius 2 is 1.62 bits per heavy atom. The predicted molar refractivity (Wildman–Crippen MR) is 154 cm³/mol. The van der Waals surface area contributed by atoms with Crippen LogP contribution >= 0.6 is 23.1 Å². The summed E-state index contributed by atoms with van der Waals surface area (Å²) in [5.74, 6) is -2.27. The maximum atomic E-state index is 14.0. The van der Waals surface area contributed by atoms with Gasteiger partial charge in [-0.2, -0.15) is 0 Å². The molecule has 0 spiro atoms. The van der Waals surface area contributed by atoms with Gasteiger partial charge >= 0.3 is 10.8 Å². The number of esters is 1. The topological polar surface area (TPSA) is 88.9 Å².